The van der Waals surface area contributed by atoms with Crippen LogP contribution in [0, 0.1) is 0 Å². The van der Waals surface area contributed by atoms with Gasteiger partial charge in [0, 0.05) is 18.1 Å². The first-order valence-electron chi connectivity index (χ1n) is 5.95. The monoisotopic (exact) mass is 274 g/mol. The van der Waals surface area contributed by atoms with E-state index in [-0.39, 0.29) is 19.1 Å². The second-order valence-corrected chi connectivity index (χ2v) is 3.99. The van der Waals surface area contributed by atoms with Gasteiger partial charge < -0.3 is 15.8 Å². The van der Waals surface area contributed by atoms with Crippen LogP contribution in [-0.2, 0) is 4.79 Å². The van der Waals surface area contributed by atoms with Gasteiger partial charge in [-0.15, -0.1) is 0 Å². The minimum absolute atomic E-state index is 0.166. The lowest BCUT2D eigenvalue weighted by atomic mass is 10.3. The smallest absolute Gasteiger partial charge is 0.331 e. The molecule has 7 nitrogen and oxygen atoms in total. The van der Waals surface area contributed by atoms with Gasteiger partial charge in [0.1, 0.15) is 12.1 Å². The largest absolute Gasteiger partial charge is 0.493 e. The molecule has 104 valence electrons. The number of hydrogen-bond donors (Lipinski definition) is 2. The van der Waals surface area contributed by atoms with Crippen molar-refractivity contribution in [3.63, 3.8) is 0 Å². The number of nitrogens with two attached hydrogens (primary N) is 1. The number of carbonyl (C=O) groups is 2. The van der Waals surface area contributed by atoms with E-state index in [1.807, 2.05) is 0 Å². The van der Waals surface area contributed by atoms with Gasteiger partial charge >= 0.3 is 6.03 Å². The first-order chi connectivity index (χ1) is 9.65. The van der Waals surface area contributed by atoms with Crippen molar-refractivity contribution < 1.29 is 14.3 Å². The maximum Gasteiger partial charge on any atom is 0.331 e. The fourth-order valence-corrected chi connectivity index (χ4v) is 1.47. The summed E-state index contributed by atoms with van der Waals surface area (Å²) in [7, 11) is 0. The SMILES string of the molecule is NC(=O)CCOc1ccc(NC(=O)n2ccnc2)cc1. The number of rotatable bonds is 5. The van der Waals surface area contributed by atoms with Gasteiger partial charge in [-0.3, -0.25) is 9.36 Å². The maximum absolute atomic E-state index is 11.7. The molecule has 0 bridgehead atoms. The highest BCUT2D eigenvalue weighted by Gasteiger charge is 2.04. The Bertz CT molecular complexity index is 578. The second-order valence-electron chi connectivity index (χ2n) is 3.99. The molecular weight excluding hydrogens is 260 g/mol. The molecule has 3 N–H and O–H groups in total. The van der Waals surface area contributed by atoms with Crippen LogP contribution in [0.5, 0.6) is 5.75 Å². The van der Waals surface area contributed by atoms with Crippen molar-refractivity contribution in [2.24, 2.45) is 5.73 Å². The summed E-state index contributed by atoms with van der Waals surface area (Å²) >= 11 is 0. The molecule has 0 fully saturated rings. The van der Waals surface area contributed by atoms with E-state index in [1.165, 1.54) is 17.1 Å². The topological polar surface area (TPSA) is 99.2 Å². The molecule has 7 heteroatoms. The first-order valence-corrected chi connectivity index (χ1v) is 5.95. The quantitative estimate of drug-likeness (QED) is 0.856. The molecule has 20 heavy (non-hydrogen) atoms. The lowest BCUT2D eigenvalue weighted by Gasteiger charge is -2.07. The fraction of sp³-hybridized carbons (Fsp3) is 0.154. The maximum atomic E-state index is 11.7. The van der Waals surface area contributed by atoms with Crippen molar-refractivity contribution >= 4 is 17.6 Å². The van der Waals surface area contributed by atoms with Gasteiger partial charge in [0.05, 0.1) is 13.0 Å². The molecule has 0 spiro atoms. The first kappa shape index (κ1) is 13.6. The Morgan fingerprint density at radius 1 is 1.30 bits per heavy atom. The number of carbonyl (C=O) groups excluding carboxylic acids is 2. The zero-order valence-corrected chi connectivity index (χ0v) is 10.7. The third-order valence-electron chi connectivity index (χ3n) is 2.46. The van der Waals surface area contributed by atoms with Crippen LogP contribution in [0.2, 0.25) is 0 Å². The molecule has 0 radical (unpaired) electrons. The molecule has 2 amide bonds. The lowest BCUT2D eigenvalue weighted by molar-refractivity contribution is -0.118. The highest BCUT2D eigenvalue weighted by atomic mass is 16.5. The number of amides is 2. The third-order valence-corrected chi connectivity index (χ3v) is 2.46. The molecular formula is C13H14N4O3. The van der Waals surface area contributed by atoms with Crippen LogP contribution in [0.3, 0.4) is 0 Å². The minimum Gasteiger partial charge on any atom is -0.493 e. The summed E-state index contributed by atoms with van der Waals surface area (Å²) < 4.78 is 6.65. The lowest BCUT2D eigenvalue weighted by Crippen LogP contribution is -2.17. The number of aromatic nitrogens is 2. The minimum atomic E-state index is -0.408. The van der Waals surface area contributed by atoms with Crippen molar-refractivity contribution in [2.45, 2.75) is 6.42 Å². The highest BCUT2D eigenvalue weighted by Crippen LogP contribution is 2.16. The van der Waals surface area contributed by atoms with Gasteiger partial charge in [-0.05, 0) is 24.3 Å². The molecule has 1 aromatic heterocycles. The van der Waals surface area contributed by atoms with E-state index in [2.05, 4.69) is 10.3 Å². The number of anilines is 1. The Hall–Kier alpha value is -2.83. The normalized spacial score (nSPS) is 10.0. The van der Waals surface area contributed by atoms with Crippen molar-refractivity contribution in [1.29, 1.82) is 0 Å². The molecule has 0 atom stereocenters. The number of hydrogen-bond acceptors (Lipinski definition) is 4. The summed E-state index contributed by atoms with van der Waals surface area (Å²) in [6, 6.07) is 6.50. The molecule has 2 rings (SSSR count). The second kappa shape index (κ2) is 6.37. The zero-order valence-electron chi connectivity index (χ0n) is 10.7. The predicted octanol–water partition coefficient (Wildman–Crippen LogP) is 1.22. The van der Waals surface area contributed by atoms with E-state index in [1.54, 1.807) is 30.5 Å². The molecule has 0 aliphatic carbocycles. The van der Waals surface area contributed by atoms with Crippen LogP contribution in [-0.4, -0.2) is 28.1 Å². The Labute approximate surface area is 115 Å². The van der Waals surface area contributed by atoms with E-state index < -0.39 is 5.91 Å². The van der Waals surface area contributed by atoms with E-state index >= 15 is 0 Å². The number of primary amides is 1. The van der Waals surface area contributed by atoms with Crippen LogP contribution in [0.1, 0.15) is 6.42 Å². The Kier molecular flexibility index (Phi) is 4.33. The van der Waals surface area contributed by atoms with Gasteiger partial charge in [0.25, 0.3) is 0 Å². The van der Waals surface area contributed by atoms with Crippen molar-refractivity contribution in [1.82, 2.24) is 9.55 Å². The predicted molar refractivity (Wildman–Crippen MR) is 72.4 cm³/mol. The number of benzene rings is 1. The van der Waals surface area contributed by atoms with E-state index in [9.17, 15) is 9.59 Å². The van der Waals surface area contributed by atoms with Crippen molar-refractivity contribution in [3.8, 4) is 5.75 Å². The Morgan fingerprint density at radius 3 is 2.65 bits per heavy atom. The summed E-state index contributed by atoms with van der Waals surface area (Å²) in [5.41, 5.74) is 5.64. The van der Waals surface area contributed by atoms with Gasteiger partial charge in [-0.1, -0.05) is 0 Å². The average molecular weight is 274 g/mol. The molecule has 0 saturated carbocycles. The molecule has 1 aromatic carbocycles. The van der Waals surface area contributed by atoms with Crippen LogP contribution in [0.4, 0.5) is 10.5 Å². The van der Waals surface area contributed by atoms with E-state index in [0.717, 1.165) is 0 Å². The fourth-order valence-electron chi connectivity index (χ4n) is 1.47. The molecule has 2 aromatic rings. The standard InChI is InChI=1S/C13H14N4O3/c14-12(18)5-8-20-11-3-1-10(2-4-11)16-13(19)17-7-6-15-9-17/h1-4,6-7,9H,5,8H2,(H2,14,18)(H,16,19). The summed E-state index contributed by atoms with van der Waals surface area (Å²) in [5, 5.41) is 2.70. The van der Waals surface area contributed by atoms with Gasteiger partial charge in [0.15, 0.2) is 0 Å². The summed E-state index contributed by atoms with van der Waals surface area (Å²) in [6.45, 7) is 0.232. The zero-order chi connectivity index (χ0) is 14.4. The molecule has 0 unspecified atom stereocenters. The van der Waals surface area contributed by atoms with Crippen LogP contribution < -0.4 is 15.8 Å². The average Bonchev–Trinajstić information content (AvgIpc) is 2.94. The number of imidazole rings is 1. The number of nitrogens with zero attached hydrogens (tertiary/aromatic N) is 2. The van der Waals surface area contributed by atoms with Crippen LogP contribution >= 0.6 is 0 Å². The van der Waals surface area contributed by atoms with Crippen molar-refractivity contribution in [3.05, 3.63) is 43.0 Å². The van der Waals surface area contributed by atoms with Gasteiger partial charge in [-0.25, -0.2) is 9.78 Å². The van der Waals surface area contributed by atoms with Crippen LogP contribution in [0.15, 0.2) is 43.0 Å². The highest BCUT2D eigenvalue weighted by molar-refractivity contribution is 5.90. The van der Waals surface area contributed by atoms with E-state index in [4.69, 9.17) is 10.5 Å². The molecule has 1 heterocycles. The molecule has 0 aliphatic rings. The van der Waals surface area contributed by atoms with Crippen molar-refractivity contribution in [2.75, 3.05) is 11.9 Å². The Balaban J connectivity index is 1.88. The Morgan fingerprint density at radius 2 is 2.05 bits per heavy atom. The van der Waals surface area contributed by atoms with Crippen LogP contribution in [0.25, 0.3) is 0 Å². The summed E-state index contributed by atoms with van der Waals surface area (Å²) in [6.07, 6.45) is 4.65. The van der Waals surface area contributed by atoms with Gasteiger partial charge in [-0.2, -0.15) is 0 Å². The summed E-state index contributed by atoms with van der Waals surface area (Å²) in [4.78, 5) is 26.1. The number of nitrogens with one attached hydrogen (secondary N) is 1. The summed E-state index contributed by atoms with van der Waals surface area (Å²) in [5.74, 6) is 0.195. The number of ether oxygens (including phenoxy) is 1. The third kappa shape index (κ3) is 3.84. The molecule has 0 saturated heterocycles. The van der Waals surface area contributed by atoms with E-state index in [0.29, 0.717) is 11.4 Å². The van der Waals surface area contributed by atoms with Gasteiger partial charge in [0.2, 0.25) is 5.91 Å². The molecule has 0 aliphatic heterocycles.